The van der Waals surface area contributed by atoms with Gasteiger partial charge in [-0.3, -0.25) is 0 Å². The topological polar surface area (TPSA) is 65.7 Å². The summed E-state index contributed by atoms with van der Waals surface area (Å²) < 4.78 is 60.4. The molecule has 0 aliphatic heterocycles. The Kier molecular flexibility index (Phi) is 5.24. The average molecular weight is 416 g/mol. The lowest BCUT2D eigenvalue weighted by Crippen LogP contribution is -2.11. The minimum atomic E-state index is -3.13. The maximum atomic E-state index is 13.6. The number of ether oxygens (including phenoxy) is 1. The van der Waals surface area contributed by atoms with Gasteiger partial charge in [0.25, 0.3) is 11.8 Å². The van der Waals surface area contributed by atoms with Crippen LogP contribution in [-0.2, 0) is 18.5 Å². The fraction of sp³-hybridized carbons (Fsp3) is 0.294. The summed E-state index contributed by atoms with van der Waals surface area (Å²) in [5.74, 6) is -6.25. The third-order valence-electron chi connectivity index (χ3n) is 3.66. The molecule has 3 aromatic rings. The number of halogens is 5. The molecule has 0 N–H and O–H groups in total. The molecule has 6 nitrogen and oxygen atoms in total. The van der Waals surface area contributed by atoms with Crippen LogP contribution in [0.15, 0.2) is 36.7 Å². The van der Waals surface area contributed by atoms with Crippen LogP contribution in [0, 0.1) is 0 Å². The van der Waals surface area contributed by atoms with Crippen LogP contribution < -0.4 is 4.74 Å². The van der Waals surface area contributed by atoms with Crippen molar-refractivity contribution in [3.8, 4) is 11.7 Å². The molecule has 28 heavy (non-hydrogen) atoms. The molecule has 0 amide bonds. The van der Waals surface area contributed by atoms with E-state index in [1.165, 1.54) is 29.1 Å². The van der Waals surface area contributed by atoms with Crippen LogP contribution in [0.5, 0.6) is 6.01 Å². The molecule has 0 saturated carbocycles. The fourth-order valence-electron chi connectivity index (χ4n) is 2.28. The number of hydrogen-bond donors (Lipinski definition) is 0. The van der Waals surface area contributed by atoms with Gasteiger partial charge in [-0.05, 0) is 24.3 Å². The van der Waals surface area contributed by atoms with Crippen LogP contribution in [0.2, 0.25) is 5.02 Å². The molecule has 0 fully saturated rings. The van der Waals surface area contributed by atoms with E-state index in [0.717, 1.165) is 19.2 Å². The zero-order valence-corrected chi connectivity index (χ0v) is 15.5. The molecule has 3 rings (SSSR count). The van der Waals surface area contributed by atoms with Crippen LogP contribution in [0.25, 0.3) is 5.69 Å². The Bertz CT molecular complexity index is 984. The predicted octanol–water partition coefficient (Wildman–Crippen LogP) is 4.51. The summed E-state index contributed by atoms with van der Waals surface area (Å²) in [6, 6.07) is 4.90. The predicted molar refractivity (Wildman–Crippen MR) is 91.9 cm³/mol. The normalized spacial score (nSPS) is 12.2. The standard InChI is InChI=1S/C17H14ClF4N5O/c1-16(19,20)12-7-11(3-4-13(12)18)27-8-10(25-26-27)9-28-15-23-6-5-14(24-15)17(2,21)22/h3-8H,9H2,1-2H3. The maximum absolute atomic E-state index is 13.6. The monoisotopic (exact) mass is 415 g/mol. The Morgan fingerprint density at radius 1 is 1.11 bits per heavy atom. The van der Waals surface area contributed by atoms with Crippen molar-refractivity contribution in [3.63, 3.8) is 0 Å². The quantitative estimate of drug-likeness (QED) is 0.554. The number of nitrogens with zero attached hydrogens (tertiary/aromatic N) is 5. The Balaban J connectivity index is 1.75. The van der Waals surface area contributed by atoms with Crippen LogP contribution in [0.4, 0.5) is 17.6 Å². The molecule has 2 aromatic heterocycles. The molecule has 0 aliphatic rings. The molecular weight excluding hydrogens is 402 g/mol. The van der Waals surface area contributed by atoms with Gasteiger partial charge in [-0.2, -0.15) is 13.8 Å². The molecule has 0 saturated heterocycles. The highest BCUT2D eigenvalue weighted by Crippen LogP contribution is 2.34. The molecule has 0 bridgehead atoms. The van der Waals surface area contributed by atoms with Gasteiger partial charge in [0.2, 0.25) is 0 Å². The van der Waals surface area contributed by atoms with Crippen molar-refractivity contribution in [3.05, 3.63) is 58.6 Å². The first-order valence-electron chi connectivity index (χ1n) is 7.97. The molecule has 2 heterocycles. The molecule has 11 heteroatoms. The number of rotatable bonds is 6. The van der Waals surface area contributed by atoms with E-state index in [2.05, 4.69) is 20.3 Å². The highest BCUT2D eigenvalue weighted by atomic mass is 35.5. The van der Waals surface area contributed by atoms with Gasteiger partial charge in [-0.15, -0.1) is 5.10 Å². The van der Waals surface area contributed by atoms with E-state index in [1.807, 2.05) is 0 Å². The van der Waals surface area contributed by atoms with Crippen LogP contribution in [0.3, 0.4) is 0 Å². The van der Waals surface area contributed by atoms with Crippen LogP contribution >= 0.6 is 11.6 Å². The first-order chi connectivity index (χ1) is 13.0. The summed E-state index contributed by atoms with van der Waals surface area (Å²) in [5.41, 5.74) is -0.179. The summed E-state index contributed by atoms with van der Waals surface area (Å²) in [7, 11) is 0. The molecule has 0 atom stereocenters. The van der Waals surface area contributed by atoms with E-state index in [4.69, 9.17) is 16.3 Å². The summed E-state index contributed by atoms with van der Waals surface area (Å²) >= 11 is 5.82. The van der Waals surface area contributed by atoms with Crippen molar-refractivity contribution in [1.29, 1.82) is 0 Å². The molecule has 0 aliphatic carbocycles. The maximum Gasteiger partial charge on any atom is 0.317 e. The molecule has 1 aromatic carbocycles. The lowest BCUT2D eigenvalue weighted by atomic mass is 10.1. The summed E-state index contributed by atoms with van der Waals surface area (Å²) in [5, 5.41) is 7.64. The summed E-state index contributed by atoms with van der Waals surface area (Å²) in [6.45, 7) is 1.31. The van der Waals surface area contributed by atoms with Gasteiger partial charge in [0, 0.05) is 30.6 Å². The third-order valence-corrected chi connectivity index (χ3v) is 3.99. The second-order valence-corrected chi connectivity index (χ2v) is 6.52. The summed E-state index contributed by atoms with van der Waals surface area (Å²) in [6.07, 6.45) is 2.60. The molecule has 0 radical (unpaired) electrons. The Morgan fingerprint density at radius 3 is 2.54 bits per heavy atom. The molecule has 148 valence electrons. The van der Waals surface area contributed by atoms with Gasteiger partial charge in [0.05, 0.1) is 11.9 Å². The van der Waals surface area contributed by atoms with Crippen molar-refractivity contribution < 1.29 is 22.3 Å². The van der Waals surface area contributed by atoms with Gasteiger partial charge < -0.3 is 4.74 Å². The van der Waals surface area contributed by atoms with E-state index in [0.29, 0.717) is 18.3 Å². The molecule has 0 spiro atoms. The summed E-state index contributed by atoms with van der Waals surface area (Å²) in [4.78, 5) is 7.40. The van der Waals surface area contributed by atoms with Crippen molar-refractivity contribution >= 4 is 11.6 Å². The van der Waals surface area contributed by atoms with Crippen molar-refractivity contribution in [2.45, 2.75) is 32.3 Å². The van der Waals surface area contributed by atoms with E-state index < -0.39 is 17.5 Å². The average Bonchev–Trinajstić information content (AvgIpc) is 3.08. The lowest BCUT2D eigenvalue weighted by Gasteiger charge is -2.13. The van der Waals surface area contributed by atoms with Crippen molar-refractivity contribution in [2.24, 2.45) is 0 Å². The van der Waals surface area contributed by atoms with Gasteiger partial charge in [0.15, 0.2) is 0 Å². The number of aromatic nitrogens is 5. The largest absolute Gasteiger partial charge is 0.457 e. The van der Waals surface area contributed by atoms with Crippen molar-refractivity contribution in [1.82, 2.24) is 25.0 Å². The van der Waals surface area contributed by atoms with Gasteiger partial charge >= 0.3 is 6.01 Å². The van der Waals surface area contributed by atoms with E-state index >= 15 is 0 Å². The highest BCUT2D eigenvalue weighted by Gasteiger charge is 2.28. The second-order valence-electron chi connectivity index (χ2n) is 6.11. The second kappa shape index (κ2) is 7.34. The van der Waals surface area contributed by atoms with Crippen LogP contribution in [0.1, 0.15) is 30.8 Å². The van der Waals surface area contributed by atoms with E-state index in [9.17, 15) is 17.6 Å². The molecule has 0 unspecified atom stereocenters. The number of alkyl halides is 4. The molecular formula is C17H14ClF4N5O. The Hall–Kier alpha value is -2.75. The minimum absolute atomic E-state index is 0.0651. The van der Waals surface area contributed by atoms with Crippen molar-refractivity contribution in [2.75, 3.05) is 0 Å². The number of hydrogen-bond acceptors (Lipinski definition) is 5. The number of benzene rings is 1. The van der Waals surface area contributed by atoms with Gasteiger partial charge in [-0.1, -0.05) is 16.8 Å². The Morgan fingerprint density at radius 2 is 1.86 bits per heavy atom. The lowest BCUT2D eigenvalue weighted by molar-refractivity contribution is 0.0117. The zero-order valence-electron chi connectivity index (χ0n) is 14.7. The zero-order chi connectivity index (χ0) is 20.5. The van der Waals surface area contributed by atoms with Crippen LogP contribution in [-0.4, -0.2) is 25.0 Å². The van der Waals surface area contributed by atoms with E-state index in [-0.39, 0.29) is 23.2 Å². The highest BCUT2D eigenvalue weighted by molar-refractivity contribution is 6.31. The Labute approximate surface area is 162 Å². The van der Waals surface area contributed by atoms with E-state index in [1.54, 1.807) is 0 Å². The minimum Gasteiger partial charge on any atom is -0.457 e. The SMILES string of the molecule is CC(F)(F)c1ccnc(OCc2cn(-c3ccc(Cl)c(C(C)(F)F)c3)nn2)n1. The van der Waals surface area contributed by atoms with Gasteiger partial charge in [0.1, 0.15) is 18.0 Å². The van der Waals surface area contributed by atoms with Gasteiger partial charge in [-0.25, -0.2) is 18.4 Å². The first kappa shape index (κ1) is 20.0. The smallest absolute Gasteiger partial charge is 0.317 e. The first-order valence-corrected chi connectivity index (χ1v) is 8.35. The fourth-order valence-corrected chi connectivity index (χ4v) is 2.56. The third kappa shape index (κ3) is 4.56.